The van der Waals surface area contributed by atoms with E-state index in [1.54, 1.807) is 0 Å². The Morgan fingerprint density at radius 3 is 2.74 bits per heavy atom. The smallest absolute Gasteiger partial charge is 0.0898 e. The summed E-state index contributed by atoms with van der Waals surface area (Å²) >= 11 is 0. The van der Waals surface area contributed by atoms with Crippen LogP contribution in [0.5, 0.6) is 0 Å². The number of hydrogen-bond donors (Lipinski definition) is 2. The number of aliphatic hydroxyl groups excluding tert-OH is 1. The molecule has 3 heteroatoms. The summed E-state index contributed by atoms with van der Waals surface area (Å²) in [4.78, 5) is 0. The maximum atomic E-state index is 9.94. The molecule has 2 N–H and O–H groups in total. The highest BCUT2D eigenvalue weighted by molar-refractivity contribution is 5.07. The lowest BCUT2D eigenvalue weighted by atomic mass is 9.85. The molecule has 0 aliphatic heterocycles. The third-order valence-electron chi connectivity index (χ3n) is 4.01. The third-order valence-corrected chi connectivity index (χ3v) is 4.01. The Morgan fingerprint density at radius 1 is 1.42 bits per heavy atom. The van der Waals surface area contributed by atoms with Crippen LogP contribution in [0.15, 0.2) is 0 Å². The quantitative estimate of drug-likeness (QED) is 0.696. The first-order chi connectivity index (χ1) is 8.98. The highest BCUT2D eigenvalue weighted by atomic mass is 16.5. The van der Waals surface area contributed by atoms with E-state index in [0.29, 0.717) is 25.2 Å². The molecule has 1 rings (SSSR count). The SMILES string of the molecule is C#CC(C)(C)NCC(O)COC1CCCCC1CC. The van der Waals surface area contributed by atoms with Gasteiger partial charge < -0.3 is 9.84 Å². The van der Waals surface area contributed by atoms with Gasteiger partial charge in [-0.05, 0) is 32.6 Å². The van der Waals surface area contributed by atoms with E-state index in [2.05, 4.69) is 18.2 Å². The maximum Gasteiger partial charge on any atom is 0.0898 e. The number of hydrogen-bond acceptors (Lipinski definition) is 3. The molecule has 0 radical (unpaired) electrons. The molecule has 0 aromatic heterocycles. The lowest BCUT2D eigenvalue weighted by molar-refractivity contribution is -0.0505. The summed E-state index contributed by atoms with van der Waals surface area (Å²) in [6.45, 7) is 6.94. The van der Waals surface area contributed by atoms with Crippen molar-refractivity contribution in [2.75, 3.05) is 13.2 Å². The van der Waals surface area contributed by atoms with E-state index in [-0.39, 0.29) is 5.54 Å². The number of β-amino-alcohol motifs (C(OH)–C–C–N with tert-alkyl or cyclic N) is 1. The van der Waals surface area contributed by atoms with Gasteiger partial charge in [-0.1, -0.05) is 32.1 Å². The van der Waals surface area contributed by atoms with Gasteiger partial charge in [0.05, 0.1) is 24.4 Å². The summed E-state index contributed by atoms with van der Waals surface area (Å²) in [5, 5.41) is 13.1. The fraction of sp³-hybridized carbons (Fsp3) is 0.875. The normalized spacial score (nSPS) is 25.8. The second kappa shape index (κ2) is 7.89. The van der Waals surface area contributed by atoms with Crippen LogP contribution in [0.25, 0.3) is 0 Å². The summed E-state index contributed by atoms with van der Waals surface area (Å²) < 4.78 is 5.91. The number of ether oxygens (including phenoxy) is 1. The van der Waals surface area contributed by atoms with Gasteiger partial charge in [-0.15, -0.1) is 6.42 Å². The standard InChI is InChI=1S/C16H29NO2/c1-5-13-9-7-8-10-15(13)19-12-14(18)11-17-16(3,4)6-2/h2,13-15,17-18H,5,7-12H2,1,3-4H3. The van der Waals surface area contributed by atoms with Crippen molar-refractivity contribution < 1.29 is 9.84 Å². The second-order valence-corrected chi connectivity index (χ2v) is 6.13. The van der Waals surface area contributed by atoms with Gasteiger partial charge in [0.15, 0.2) is 0 Å². The molecule has 1 aliphatic rings. The molecule has 0 aromatic rings. The van der Waals surface area contributed by atoms with E-state index < -0.39 is 6.10 Å². The Balaban J connectivity index is 2.25. The molecule has 3 nitrogen and oxygen atoms in total. The zero-order chi connectivity index (χ0) is 14.3. The van der Waals surface area contributed by atoms with Gasteiger partial charge in [-0.25, -0.2) is 0 Å². The fourth-order valence-electron chi connectivity index (χ4n) is 2.58. The monoisotopic (exact) mass is 267 g/mol. The molecule has 0 amide bonds. The maximum absolute atomic E-state index is 9.94. The van der Waals surface area contributed by atoms with Crippen molar-refractivity contribution in [1.29, 1.82) is 0 Å². The Hall–Kier alpha value is -0.560. The average Bonchev–Trinajstić information content (AvgIpc) is 2.43. The van der Waals surface area contributed by atoms with E-state index in [0.717, 1.165) is 6.42 Å². The minimum Gasteiger partial charge on any atom is -0.389 e. The molecule has 0 bridgehead atoms. The summed E-state index contributed by atoms with van der Waals surface area (Å²) in [7, 11) is 0. The van der Waals surface area contributed by atoms with Crippen LogP contribution in [0.1, 0.15) is 52.9 Å². The largest absolute Gasteiger partial charge is 0.389 e. The summed E-state index contributed by atoms with van der Waals surface area (Å²) in [5.74, 6) is 3.32. The van der Waals surface area contributed by atoms with Crippen LogP contribution in [0, 0.1) is 18.3 Å². The van der Waals surface area contributed by atoms with Crippen LogP contribution in [0.4, 0.5) is 0 Å². The van der Waals surface area contributed by atoms with Gasteiger partial charge >= 0.3 is 0 Å². The van der Waals surface area contributed by atoms with E-state index in [1.807, 2.05) is 13.8 Å². The van der Waals surface area contributed by atoms with Gasteiger partial charge in [0.25, 0.3) is 0 Å². The van der Waals surface area contributed by atoms with Crippen molar-refractivity contribution >= 4 is 0 Å². The number of aliphatic hydroxyl groups is 1. The lowest BCUT2D eigenvalue weighted by Crippen LogP contribution is -2.44. The van der Waals surface area contributed by atoms with Crippen LogP contribution in [0.3, 0.4) is 0 Å². The molecule has 3 atom stereocenters. The first-order valence-electron chi connectivity index (χ1n) is 7.51. The van der Waals surface area contributed by atoms with Crippen molar-refractivity contribution in [3.8, 4) is 12.3 Å². The van der Waals surface area contributed by atoms with Crippen molar-refractivity contribution in [2.45, 2.75) is 70.6 Å². The van der Waals surface area contributed by atoms with Gasteiger partial charge in [0.2, 0.25) is 0 Å². The van der Waals surface area contributed by atoms with Gasteiger partial charge in [0.1, 0.15) is 0 Å². The first-order valence-corrected chi connectivity index (χ1v) is 7.51. The molecule has 1 aliphatic carbocycles. The molecular formula is C16H29NO2. The number of terminal acetylenes is 1. The second-order valence-electron chi connectivity index (χ2n) is 6.13. The highest BCUT2D eigenvalue weighted by Gasteiger charge is 2.25. The molecule has 0 aromatic carbocycles. The van der Waals surface area contributed by atoms with E-state index in [9.17, 15) is 5.11 Å². The Labute approximate surface area is 118 Å². The van der Waals surface area contributed by atoms with E-state index >= 15 is 0 Å². The van der Waals surface area contributed by atoms with Crippen LogP contribution in [-0.2, 0) is 4.74 Å². The van der Waals surface area contributed by atoms with Gasteiger partial charge in [0, 0.05) is 6.54 Å². The van der Waals surface area contributed by atoms with Crippen molar-refractivity contribution in [3.05, 3.63) is 0 Å². The van der Waals surface area contributed by atoms with Gasteiger partial charge in [-0.2, -0.15) is 0 Å². The zero-order valence-electron chi connectivity index (χ0n) is 12.6. The predicted octanol–water partition coefficient (Wildman–Crippen LogP) is 2.33. The lowest BCUT2D eigenvalue weighted by Gasteiger charge is -2.31. The summed E-state index contributed by atoms with van der Waals surface area (Å²) in [6.07, 6.45) is 11.4. The average molecular weight is 267 g/mol. The molecule has 1 fully saturated rings. The summed E-state index contributed by atoms with van der Waals surface area (Å²) in [5.41, 5.74) is -0.377. The fourth-order valence-corrected chi connectivity index (χ4v) is 2.58. The van der Waals surface area contributed by atoms with Crippen molar-refractivity contribution in [1.82, 2.24) is 5.32 Å². The summed E-state index contributed by atoms with van der Waals surface area (Å²) in [6, 6.07) is 0. The highest BCUT2D eigenvalue weighted by Crippen LogP contribution is 2.29. The van der Waals surface area contributed by atoms with Crippen LogP contribution in [-0.4, -0.2) is 36.0 Å². The van der Waals surface area contributed by atoms with Crippen LogP contribution >= 0.6 is 0 Å². The Kier molecular flexibility index (Phi) is 6.85. The molecular weight excluding hydrogens is 238 g/mol. The Bertz CT molecular complexity index is 296. The molecule has 110 valence electrons. The topological polar surface area (TPSA) is 41.5 Å². The van der Waals surface area contributed by atoms with E-state index in [4.69, 9.17) is 11.2 Å². The van der Waals surface area contributed by atoms with E-state index in [1.165, 1.54) is 25.7 Å². The Morgan fingerprint density at radius 2 is 2.11 bits per heavy atom. The predicted molar refractivity (Wildman–Crippen MR) is 78.9 cm³/mol. The molecule has 19 heavy (non-hydrogen) atoms. The molecule has 1 saturated carbocycles. The third kappa shape index (κ3) is 5.95. The van der Waals surface area contributed by atoms with Crippen LogP contribution < -0.4 is 5.32 Å². The first kappa shape index (κ1) is 16.5. The minimum absolute atomic E-state index is 0.328. The number of rotatable bonds is 7. The van der Waals surface area contributed by atoms with Crippen molar-refractivity contribution in [2.24, 2.45) is 5.92 Å². The van der Waals surface area contributed by atoms with Crippen molar-refractivity contribution in [3.63, 3.8) is 0 Å². The molecule has 0 saturated heterocycles. The molecule has 0 heterocycles. The minimum atomic E-state index is -0.493. The van der Waals surface area contributed by atoms with Gasteiger partial charge in [-0.3, -0.25) is 5.32 Å². The molecule has 3 unspecified atom stereocenters. The number of nitrogens with one attached hydrogen (secondary N) is 1. The zero-order valence-corrected chi connectivity index (χ0v) is 12.6. The van der Waals surface area contributed by atoms with Crippen LogP contribution in [0.2, 0.25) is 0 Å². The molecule has 0 spiro atoms.